The third-order valence-corrected chi connectivity index (χ3v) is 7.01. The molecule has 1 fully saturated rings. The molecule has 0 radical (unpaired) electrons. The summed E-state index contributed by atoms with van der Waals surface area (Å²) in [5.74, 6) is 2.23. The summed E-state index contributed by atoms with van der Waals surface area (Å²) in [7, 11) is -3.41. The number of nitrogens with zero attached hydrogens (tertiary/aromatic N) is 1. The van der Waals surface area contributed by atoms with Gasteiger partial charge in [-0.3, -0.25) is 0 Å². The number of halogens is 1. The molecule has 112 valence electrons. The van der Waals surface area contributed by atoms with E-state index >= 15 is 0 Å². The normalized spacial score (nSPS) is 17.9. The van der Waals surface area contributed by atoms with Crippen LogP contribution < -0.4 is 0 Å². The fourth-order valence-electron chi connectivity index (χ4n) is 2.35. The molecule has 20 heavy (non-hydrogen) atoms. The van der Waals surface area contributed by atoms with E-state index < -0.39 is 10.0 Å². The van der Waals surface area contributed by atoms with Gasteiger partial charge in [0.25, 0.3) is 0 Å². The summed E-state index contributed by atoms with van der Waals surface area (Å²) >= 11 is 7.69. The van der Waals surface area contributed by atoms with Crippen molar-refractivity contribution in [3.63, 3.8) is 0 Å². The first kappa shape index (κ1) is 16.1. The minimum Gasteiger partial charge on any atom is -0.207 e. The Labute approximate surface area is 130 Å². The highest BCUT2D eigenvalue weighted by Crippen LogP contribution is 2.26. The summed E-state index contributed by atoms with van der Waals surface area (Å²) in [4.78, 5) is 0.417. The van der Waals surface area contributed by atoms with Gasteiger partial charge in [0.15, 0.2) is 0 Å². The predicted molar refractivity (Wildman–Crippen MR) is 86.2 cm³/mol. The quantitative estimate of drug-likeness (QED) is 0.797. The Kier molecular flexibility index (Phi) is 5.40. The molecule has 0 spiro atoms. The average Bonchev–Trinajstić information content (AvgIpc) is 2.70. The summed E-state index contributed by atoms with van der Waals surface area (Å²) in [6.45, 7) is 5.00. The molecule has 1 aromatic carbocycles. The topological polar surface area (TPSA) is 37.4 Å². The second-order valence-corrected chi connectivity index (χ2v) is 8.44. The van der Waals surface area contributed by atoms with Crippen molar-refractivity contribution in [1.82, 2.24) is 4.31 Å². The van der Waals surface area contributed by atoms with Crippen LogP contribution in [0.5, 0.6) is 0 Å². The van der Waals surface area contributed by atoms with Gasteiger partial charge in [0.2, 0.25) is 10.0 Å². The number of aryl methyl sites for hydroxylation is 1. The number of rotatable bonds is 3. The molecule has 1 heterocycles. The standard InChI is InChI=1S/C14H20ClNO2S2/c1-11-8-13(10-15)9-14(12(11)2)20(17,18)16-4-3-6-19-7-5-16/h8-9H,3-7,10H2,1-2H3. The highest BCUT2D eigenvalue weighted by Gasteiger charge is 2.27. The predicted octanol–water partition coefficient (Wildman–Crippen LogP) is 3.17. The average molecular weight is 334 g/mol. The van der Waals surface area contributed by atoms with E-state index in [1.54, 1.807) is 10.4 Å². The van der Waals surface area contributed by atoms with Crippen LogP contribution in [-0.2, 0) is 15.9 Å². The molecular weight excluding hydrogens is 314 g/mol. The van der Waals surface area contributed by atoms with Crippen LogP contribution in [0.15, 0.2) is 17.0 Å². The van der Waals surface area contributed by atoms with Crippen LogP contribution in [-0.4, -0.2) is 37.3 Å². The molecule has 3 nitrogen and oxygen atoms in total. The van der Waals surface area contributed by atoms with Crippen LogP contribution >= 0.6 is 23.4 Å². The van der Waals surface area contributed by atoms with Crippen molar-refractivity contribution >= 4 is 33.4 Å². The zero-order chi connectivity index (χ0) is 14.8. The van der Waals surface area contributed by atoms with Crippen molar-refractivity contribution in [1.29, 1.82) is 0 Å². The minimum absolute atomic E-state index is 0.333. The number of hydrogen-bond donors (Lipinski definition) is 0. The number of alkyl halides is 1. The fraction of sp³-hybridized carbons (Fsp3) is 0.571. The molecule has 6 heteroatoms. The maximum absolute atomic E-state index is 12.9. The Balaban J connectivity index is 2.45. The number of hydrogen-bond acceptors (Lipinski definition) is 3. The van der Waals surface area contributed by atoms with E-state index in [2.05, 4.69) is 0 Å². The molecule has 0 atom stereocenters. The molecule has 1 aliphatic heterocycles. The second kappa shape index (κ2) is 6.69. The second-order valence-electron chi connectivity index (χ2n) is 5.04. The minimum atomic E-state index is -3.41. The zero-order valence-electron chi connectivity index (χ0n) is 11.9. The summed E-state index contributed by atoms with van der Waals surface area (Å²) in [6.07, 6.45) is 0.914. The van der Waals surface area contributed by atoms with Crippen molar-refractivity contribution in [2.75, 3.05) is 24.6 Å². The van der Waals surface area contributed by atoms with Gasteiger partial charge in [-0.2, -0.15) is 16.1 Å². The lowest BCUT2D eigenvalue weighted by Gasteiger charge is -2.22. The van der Waals surface area contributed by atoms with E-state index in [1.807, 2.05) is 31.7 Å². The maximum atomic E-state index is 12.9. The van der Waals surface area contributed by atoms with Gasteiger partial charge in [-0.05, 0) is 48.8 Å². The van der Waals surface area contributed by atoms with E-state index in [-0.39, 0.29) is 0 Å². The summed E-state index contributed by atoms with van der Waals surface area (Å²) in [6, 6.07) is 3.68. The van der Waals surface area contributed by atoms with Crippen molar-refractivity contribution < 1.29 is 8.42 Å². The monoisotopic (exact) mass is 333 g/mol. The molecule has 0 bridgehead atoms. The first-order valence-electron chi connectivity index (χ1n) is 6.71. The highest BCUT2D eigenvalue weighted by atomic mass is 35.5. The first-order chi connectivity index (χ1) is 9.46. The van der Waals surface area contributed by atoms with Gasteiger partial charge in [0, 0.05) is 24.7 Å². The Morgan fingerprint density at radius 1 is 1.25 bits per heavy atom. The molecule has 1 saturated heterocycles. The Morgan fingerprint density at radius 3 is 2.70 bits per heavy atom. The maximum Gasteiger partial charge on any atom is 0.243 e. The lowest BCUT2D eigenvalue weighted by atomic mass is 10.1. The molecule has 1 aliphatic rings. The molecule has 0 amide bonds. The van der Waals surface area contributed by atoms with Gasteiger partial charge in [-0.15, -0.1) is 11.6 Å². The van der Waals surface area contributed by atoms with E-state index in [0.29, 0.717) is 23.9 Å². The zero-order valence-corrected chi connectivity index (χ0v) is 14.2. The van der Waals surface area contributed by atoms with Crippen molar-refractivity contribution in [2.24, 2.45) is 0 Å². The van der Waals surface area contributed by atoms with Crippen LogP contribution in [0.1, 0.15) is 23.1 Å². The Hall–Kier alpha value is -0.230. The van der Waals surface area contributed by atoms with Crippen LogP contribution in [0, 0.1) is 13.8 Å². The van der Waals surface area contributed by atoms with Gasteiger partial charge in [0.05, 0.1) is 4.90 Å². The molecule has 0 N–H and O–H groups in total. The molecule has 2 rings (SSSR count). The van der Waals surface area contributed by atoms with Crippen LogP contribution in [0.25, 0.3) is 0 Å². The van der Waals surface area contributed by atoms with E-state index in [9.17, 15) is 8.42 Å². The summed E-state index contributed by atoms with van der Waals surface area (Å²) < 4.78 is 27.3. The van der Waals surface area contributed by atoms with E-state index in [0.717, 1.165) is 34.6 Å². The highest BCUT2D eigenvalue weighted by molar-refractivity contribution is 7.99. The van der Waals surface area contributed by atoms with Crippen LogP contribution in [0.3, 0.4) is 0 Å². The van der Waals surface area contributed by atoms with Gasteiger partial charge in [-0.25, -0.2) is 8.42 Å². The smallest absolute Gasteiger partial charge is 0.207 e. The number of sulfonamides is 1. The number of thioether (sulfide) groups is 1. The Bertz CT molecular complexity index is 579. The molecule has 1 aromatic rings. The molecule has 0 aromatic heterocycles. The Morgan fingerprint density at radius 2 is 2.00 bits per heavy atom. The van der Waals surface area contributed by atoms with Crippen molar-refractivity contribution in [3.8, 4) is 0 Å². The summed E-state index contributed by atoms with van der Waals surface area (Å²) in [5.41, 5.74) is 2.67. The lowest BCUT2D eigenvalue weighted by Crippen LogP contribution is -2.33. The SMILES string of the molecule is Cc1cc(CCl)cc(S(=O)(=O)N2CCCSCC2)c1C. The van der Waals surface area contributed by atoms with E-state index in [4.69, 9.17) is 11.6 Å². The molecule has 0 saturated carbocycles. The summed E-state index contributed by atoms with van der Waals surface area (Å²) in [5, 5.41) is 0. The third kappa shape index (κ3) is 3.32. The number of benzene rings is 1. The fourth-order valence-corrected chi connectivity index (χ4v) is 5.33. The van der Waals surface area contributed by atoms with E-state index in [1.165, 1.54) is 0 Å². The van der Waals surface area contributed by atoms with Gasteiger partial charge < -0.3 is 0 Å². The largest absolute Gasteiger partial charge is 0.243 e. The first-order valence-corrected chi connectivity index (χ1v) is 9.83. The third-order valence-electron chi connectivity index (χ3n) is 3.63. The van der Waals surface area contributed by atoms with Gasteiger partial charge >= 0.3 is 0 Å². The van der Waals surface area contributed by atoms with Crippen LogP contribution in [0.4, 0.5) is 0 Å². The van der Waals surface area contributed by atoms with Crippen molar-refractivity contribution in [3.05, 3.63) is 28.8 Å². The van der Waals surface area contributed by atoms with Gasteiger partial charge in [0.1, 0.15) is 0 Å². The molecule has 0 aliphatic carbocycles. The lowest BCUT2D eigenvalue weighted by molar-refractivity contribution is 0.434. The van der Waals surface area contributed by atoms with Crippen LogP contribution in [0.2, 0.25) is 0 Å². The molecular formula is C14H20ClNO2S2. The van der Waals surface area contributed by atoms with Gasteiger partial charge in [-0.1, -0.05) is 6.07 Å². The van der Waals surface area contributed by atoms with Crippen molar-refractivity contribution in [2.45, 2.75) is 31.0 Å². The molecule has 0 unspecified atom stereocenters.